The highest BCUT2D eigenvalue weighted by molar-refractivity contribution is 5.66. The van der Waals surface area contributed by atoms with Crippen LogP contribution in [0.5, 0.6) is 0 Å². The zero-order valence-corrected chi connectivity index (χ0v) is 10.9. The molecule has 0 bridgehead atoms. The number of carbonyl (C=O) groups is 1. The average molecular weight is 243 g/mol. The van der Waals surface area contributed by atoms with Gasteiger partial charge in [0.1, 0.15) is 0 Å². The molecule has 1 atom stereocenters. The van der Waals surface area contributed by atoms with Gasteiger partial charge in [-0.1, -0.05) is 6.42 Å². The minimum Gasteiger partial charge on any atom is -0.481 e. The molecule has 0 aromatic heterocycles. The van der Waals surface area contributed by atoms with E-state index in [1.165, 1.54) is 12.8 Å². The summed E-state index contributed by atoms with van der Waals surface area (Å²) in [6.45, 7) is 4.01. The zero-order valence-electron chi connectivity index (χ0n) is 10.9. The molecule has 1 aliphatic rings. The summed E-state index contributed by atoms with van der Waals surface area (Å²) < 4.78 is 5.46. The van der Waals surface area contributed by atoms with E-state index >= 15 is 0 Å². The van der Waals surface area contributed by atoms with Gasteiger partial charge in [0.25, 0.3) is 0 Å². The summed E-state index contributed by atoms with van der Waals surface area (Å²) in [6, 6.07) is 0. The van der Waals surface area contributed by atoms with Crippen LogP contribution in [0.3, 0.4) is 0 Å². The summed E-state index contributed by atoms with van der Waals surface area (Å²) in [5, 5.41) is 8.51. The number of ether oxygens (including phenoxy) is 1. The zero-order chi connectivity index (χ0) is 12.5. The van der Waals surface area contributed by atoms with E-state index in [1.807, 2.05) is 0 Å². The number of aliphatic carboxylic acids is 1. The van der Waals surface area contributed by atoms with Gasteiger partial charge < -0.3 is 14.7 Å². The molecule has 1 aliphatic heterocycles. The molecule has 1 N–H and O–H groups in total. The van der Waals surface area contributed by atoms with E-state index in [4.69, 9.17) is 9.84 Å². The van der Waals surface area contributed by atoms with Crippen LogP contribution in [-0.2, 0) is 9.53 Å². The summed E-state index contributed by atoms with van der Waals surface area (Å²) in [6.07, 6.45) is 5.69. The number of hydrogen-bond donors (Lipinski definition) is 1. The molecule has 4 heteroatoms. The normalized spacial score (nSPS) is 20.7. The summed E-state index contributed by atoms with van der Waals surface area (Å²) in [7, 11) is 2.14. The lowest BCUT2D eigenvalue weighted by Gasteiger charge is -2.27. The molecule has 0 saturated carbocycles. The maximum Gasteiger partial charge on any atom is 0.303 e. The topological polar surface area (TPSA) is 49.8 Å². The van der Waals surface area contributed by atoms with Crippen LogP contribution >= 0.6 is 0 Å². The highest BCUT2D eigenvalue weighted by Crippen LogP contribution is 2.14. The minimum atomic E-state index is -0.683. The first-order chi connectivity index (χ1) is 8.18. The van der Waals surface area contributed by atoms with Crippen molar-refractivity contribution in [2.24, 2.45) is 5.92 Å². The van der Waals surface area contributed by atoms with Crippen LogP contribution in [0.25, 0.3) is 0 Å². The summed E-state index contributed by atoms with van der Waals surface area (Å²) in [4.78, 5) is 12.7. The fraction of sp³-hybridized carbons (Fsp3) is 0.923. The van der Waals surface area contributed by atoms with Crippen LogP contribution in [-0.4, -0.2) is 49.3 Å². The van der Waals surface area contributed by atoms with Gasteiger partial charge in [-0.2, -0.15) is 0 Å². The van der Waals surface area contributed by atoms with Crippen molar-refractivity contribution >= 4 is 5.97 Å². The first-order valence-electron chi connectivity index (χ1n) is 6.66. The molecule has 0 spiro atoms. The molecule has 0 aromatic rings. The van der Waals surface area contributed by atoms with Gasteiger partial charge in [0.2, 0.25) is 0 Å². The summed E-state index contributed by atoms with van der Waals surface area (Å²) in [5.41, 5.74) is 0. The number of carboxylic acids is 1. The van der Waals surface area contributed by atoms with Gasteiger partial charge in [0, 0.05) is 19.6 Å². The van der Waals surface area contributed by atoms with E-state index in [0.29, 0.717) is 12.3 Å². The highest BCUT2D eigenvalue weighted by Gasteiger charge is 2.15. The van der Waals surface area contributed by atoms with Crippen LogP contribution in [0.2, 0.25) is 0 Å². The number of rotatable bonds is 8. The lowest BCUT2D eigenvalue weighted by Crippen LogP contribution is -2.31. The molecule has 0 aliphatic carbocycles. The Morgan fingerprint density at radius 3 is 2.88 bits per heavy atom. The molecular weight excluding hydrogens is 218 g/mol. The Bertz CT molecular complexity index is 215. The molecule has 1 rings (SSSR count). The molecule has 100 valence electrons. The molecule has 1 fully saturated rings. The number of carboxylic acid groups (broad SMARTS) is 1. The first-order valence-corrected chi connectivity index (χ1v) is 6.66. The largest absolute Gasteiger partial charge is 0.481 e. The van der Waals surface area contributed by atoms with Gasteiger partial charge in [0.05, 0.1) is 6.61 Å². The maximum absolute atomic E-state index is 10.3. The lowest BCUT2D eigenvalue weighted by molar-refractivity contribution is -0.137. The molecule has 1 heterocycles. The van der Waals surface area contributed by atoms with Crippen molar-refractivity contribution in [1.82, 2.24) is 4.90 Å². The van der Waals surface area contributed by atoms with Crippen molar-refractivity contribution in [2.75, 3.05) is 33.4 Å². The quantitative estimate of drug-likeness (QED) is 0.662. The fourth-order valence-electron chi connectivity index (χ4n) is 2.32. The summed E-state index contributed by atoms with van der Waals surface area (Å²) >= 11 is 0. The van der Waals surface area contributed by atoms with Crippen LogP contribution in [0.15, 0.2) is 0 Å². The van der Waals surface area contributed by atoms with Gasteiger partial charge in [-0.15, -0.1) is 0 Å². The van der Waals surface area contributed by atoms with Crippen molar-refractivity contribution in [3.8, 4) is 0 Å². The fourth-order valence-corrected chi connectivity index (χ4v) is 2.32. The predicted molar refractivity (Wildman–Crippen MR) is 67.1 cm³/mol. The molecule has 4 nitrogen and oxygen atoms in total. The third-order valence-corrected chi connectivity index (χ3v) is 3.25. The SMILES string of the molecule is CN(CCCCCC(=O)O)CC1CCCOC1. The van der Waals surface area contributed by atoms with Crippen molar-refractivity contribution < 1.29 is 14.6 Å². The summed E-state index contributed by atoms with van der Waals surface area (Å²) in [5.74, 6) is 0.00507. The molecule has 1 unspecified atom stereocenters. The van der Waals surface area contributed by atoms with Crippen molar-refractivity contribution in [2.45, 2.75) is 38.5 Å². The van der Waals surface area contributed by atoms with Crippen molar-refractivity contribution in [3.63, 3.8) is 0 Å². The third-order valence-electron chi connectivity index (χ3n) is 3.25. The minimum absolute atomic E-state index is 0.306. The van der Waals surface area contributed by atoms with E-state index < -0.39 is 5.97 Å². The van der Waals surface area contributed by atoms with E-state index in [2.05, 4.69) is 11.9 Å². The van der Waals surface area contributed by atoms with Crippen LogP contribution in [0, 0.1) is 5.92 Å². The number of nitrogens with zero attached hydrogens (tertiary/aromatic N) is 1. The molecule has 0 radical (unpaired) electrons. The molecule has 0 amide bonds. The van der Waals surface area contributed by atoms with Gasteiger partial charge in [-0.3, -0.25) is 4.79 Å². The number of unbranched alkanes of at least 4 members (excludes halogenated alkanes) is 2. The van der Waals surface area contributed by atoms with E-state index in [9.17, 15) is 4.79 Å². The van der Waals surface area contributed by atoms with Gasteiger partial charge in [-0.05, 0) is 45.2 Å². The third kappa shape index (κ3) is 7.34. The van der Waals surface area contributed by atoms with Crippen molar-refractivity contribution in [1.29, 1.82) is 0 Å². The van der Waals surface area contributed by atoms with Gasteiger partial charge in [0.15, 0.2) is 0 Å². The first kappa shape index (κ1) is 14.5. The maximum atomic E-state index is 10.3. The Hall–Kier alpha value is -0.610. The Morgan fingerprint density at radius 2 is 2.24 bits per heavy atom. The number of hydrogen-bond acceptors (Lipinski definition) is 3. The highest BCUT2D eigenvalue weighted by atomic mass is 16.5. The second kappa shape index (κ2) is 8.48. The Morgan fingerprint density at radius 1 is 1.41 bits per heavy atom. The molecular formula is C13H25NO3. The average Bonchev–Trinajstić information content (AvgIpc) is 2.29. The molecule has 1 saturated heterocycles. The van der Waals surface area contributed by atoms with Gasteiger partial charge in [-0.25, -0.2) is 0 Å². The lowest BCUT2D eigenvalue weighted by atomic mass is 10.0. The van der Waals surface area contributed by atoms with E-state index in [1.54, 1.807) is 0 Å². The second-order valence-electron chi connectivity index (χ2n) is 5.05. The molecule has 0 aromatic carbocycles. The second-order valence-corrected chi connectivity index (χ2v) is 5.05. The Balaban J connectivity index is 1.96. The van der Waals surface area contributed by atoms with E-state index in [-0.39, 0.29) is 0 Å². The smallest absolute Gasteiger partial charge is 0.303 e. The molecule has 17 heavy (non-hydrogen) atoms. The van der Waals surface area contributed by atoms with Gasteiger partial charge >= 0.3 is 5.97 Å². The van der Waals surface area contributed by atoms with Crippen LogP contribution in [0.4, 0.5) is 0 Å². The Labute approximate surface area is 104 Å². The van der Waals surface area contributed by atoms with Crippen LogP contribution < -0.4 is 0 Å². The monoisotopic (exact) mass is 243 g/mol. The standard InChI is InChI=1S/C13H25NO3/c1-14(8-4-2-3-7-13(15)16)10-12-6-5-9-17-11-12/h12H,2-11H2,1H3,(H,15,16). The van der Waals surface area contributed by atoms with Crippen LogP contribution in [0.1, 0.15) is 38.5 Å². The Kier molecular flexibility index (Phi) is 7.21. The van der Waals surface area contributed by atoms with Crippen molar-refractivity contribution in [3.05, 3.63) is 0 Å². The van der Waals surface area contributed by atoms with E-state index in [0.717, 1.165) is 45.6 Å². The predicted octanol–water partition coefficient (Wildman–Crippen LogP) is 1.99.